The first-order chi connectivity index (χ1) is 9.38. The van der Waals surface area contributed by atoms with Gasteiger partial charge in [0.15, 0.2) is 5.13 Å². The van der Waals surface area contributed by atoms with E-state index in [4.69, 9.17) is 0 Å². The summed E-state index contributed by atoms with van der Waals surface area (Å²) in [4.78, 5) is 22.8. The molecule has 20 heavy (non-hydrogen) atoms. The van der Waals surface area contributed by atoms with Crippen LogP contribution in [0.5, 0.6) is 0 Å². The van der Waals surface area contributed by atoms with Crippen LogP contribution in [0.1, 0.15) is 20.8 Å². The Morgan fingerprint density at radius 3 is 2.50 bits per heavy atom. The fourth-order valence-corrected chi connectivity index (χ4v) is 2.99. The number of hydrogen-bond donors (Lipinski definition) is 0. The number of carbonyl (C=O) groups is 1. The predicted octanol–water partition coefficient (Wildman–Crippen LogP) is 1.52. The van der Waals surface area contributed by atoms with Gasteiger partial charge in [-0.15, -0.1) is 11.3 Å². The lowest BCUT2D eigenvalue weighted by molar-refractivity contribution is -0.120. The topological polar surface area (TPSA) is 39.7 Å². The lowest BCUT2D eigenvalue weighted by Gasteiger charge is -2.42. The molecule has 0 radical (unpaired) electrons. The second kappa shape index (κ2) is 6.20. The van der Waals surface area contributed by atoms with E-state index >= 15 is 0 Å². The molecule has 2 heterocycles. The molecule has 0 bridgehead atoms. The summed E-state index contributed by atoms with van der Waals surface area (Å²) in [5.41, 5.74) is 0.216. The molecule has 6 heteroatoms. The number of anilines is 1. The quantitative estimate of drug-likeness (QED) is 0.848. The van der Waals surface area contributed by atoms with Crippen molar-refractivity contribution in [2.75, 3.05) is 44.7 Å². The number of amides is 1. The van der Waals surface area contributed by atoms with E-state index in [0.717, 1.165) is 31.3 Å². The molecule has 2 rings (SSSR count). The van der Waals surface area contributed by atoms with Crippen molar-refractivity contribution < 1.29 is 4.79 Å². The molecule has 1 fully saturated rings. The van der Waals surface area contributed by atoms with Gasteiger partial charge in [-0.25, -0.2) is 4.98 Å². The summed E-state index contributed by atoms with van der Waals surface area (Å²) < 4.78 is 0. The zero-order valence-corrected chi connectivity index (χ0v) is 13.6. The second-order valence-electron chi connectivity index (χ2n) is 6.20. The molecule has 0 aromatic carbocycles. The largest absolute Gasteiger partial charge is 0.296 e. The highest BCUT2D eigenvalue weighted by molar-refractivity contribution is 7.13. The third-order valence-corrected chi connectivity index (χ3v) is 4.61. The van der Waals surface area contributed by atoms with Gasteiger partial charge in [-0.3, -0.25) is 19.5 Å². The van der Waals surface area contributed by atoms with E-state index in [1.165, 1.54) is 11.3 Å². The summed E-state index contributed by atoms with van der Waals surface area (Å²) >= 11 is 1.49. The van der Waals surface area contributed by atoms with E-state index in [2.05, 4.69) is 35.6 Å². The molecule has 5 nitrogen and oxygen atoms in total. The molecule has 112 valence electrons. The number of carbonyl (C=O) groups excluding carboxylic acids is 1. The number of nitrogens with zero attached hydrogens (tertiary/aromatic N) is 4. The van der Waals surface area contributed by atoms with Gasteiger partial charge in [-0.05, 0) is 20.8 Å². The van der Waals surface area contributed by atoms with Crippen molar-refractivity contribution in [1.29, 1.82) is 0 Å². The van der Waals surface area contributed by atoms with Gasteiger partial charge in [0.25, 0.3) is 0 Å². The Kier molecular flexibility index (Phi) is 4.78. The van der Waals surface area contributed by atoms with Crippen molar-refractivity contribution in [2.45, 2.75) is 26.3 Å². The average molecular weight is 296 g/mol. The number of piperazine rings is 1. The van der Waals surface area contributed by atoms with E-state index < -0.39 is 0 Å². The molecule has 0 aliphatic carbocycles. The van der Waals surface area contributed by atoms with Crippen LogP contribution in [0, 0.1) is 0 Å². The van der Waals surface area contributed by atoms with E-state index in [0.29, 0.717) is 6.54 Å². The minimum atomic E-state index is 0.115. The predicted molar refractivity (Wildman–Crippen MR) is 83.3 cm³/mol. The number of thiazole rings is 1. The Morgan fingerprint density at radius 2 is 2.00 bits per heavy atom. The normalized spacial score (nSPS) is 18.2. The van der Waals surface area contributed by atoms with Crippen molar-refractivity contribution in [3.63, 3.8) is 0 Å². The maximum Gasteiger partial charge on any atom is 0.242 e. The summed E-state index contributed by atoms with van der Waals surface area (Å²) in [7, 11) is 1.80. The van der Waals surface area contributed by atoms with Crippen molar-refractivity contribution in [2.24, 2.45) is 0 Å². The molecule has 1 aliphatic rings. The second-order valence-corrected chi connectivity index (χ2v) is 7.07. The van der Waals surface area contributed by atoms with Gasteiger partial charge in [0.2, 0.25) is 5.91 Å². The molecule has 1 aliphatic heterocycles. The molecular formula is C14H24N4OS. The zero-order valence-electron chi connectivity index (χ0n) is 12.8. The first kappa shape index (κ1) is 15.4. The van der Waals surface area contributed by atoms with E-state index in [9.17, 15) is 4.79 Å². The molecular weight excluding hydrogens is 272 g/mol. The van der Waals surface area contributed by atoms with Crippen LogP contribution in [-0.4, -0.2) is 66.0 Å². The molecule has 0 spiro atoms. The highest BCUT2D eigenvalue weighted by Crippen LogP contribution is 2.17. The van der Waals surface area contributed by atoms with Gasteiger partial charge in [0, 0.05) is 50.3 Å². The number of rotatable bonds is 3. The van der Waals surface area contributed by atoms with Crippen LogP contribution < -0.4 is 4.90 Å². The Hall–Kier alpha value is -0.980. The molecule has 0 N–H and O–H groups in total. The average Bonchev–Trinajstić information content (AvgIpc) is 2.91. The summed E-state index contributed by atoms with van der Waals surface area (Å²) in [5, 5.41) is 2.66. The van der Waals surface area contributed by atoms with Crippen LogP contribution in [0.15, 0.2) is 11.6 Å². The van der Waals surface area contributed by atoms with E-state index in [1.54, 1.807) is 18.1 Å². The first-order valence-corrected chi connectivity index (χ1v) is 7.89. The summed E-state index contributed by atoms with van der Waals surface area (Å²) in [6.07, 6.45) is 1.73. The number of aromatic nitrogens is 1. The van der Waals surface area contributed by atoms with Crippen LogP contribution in [0.25, 0.3) is 0 Å². The summed E-state index contributed by atoms with van der Waals surface area (Å²) in [6.45, 7) is 11.2. The molecule has 1 amide bonds. The number of likely N-dealkylation sites (N-methyl/N-ethyl adjacent to an activating group) is 1. The number of hydrogen-bond acceptors (Lipinski definition) is 5. The van der Waals surface area contributed by atoms with Crippen LogP contribution in [0.2, 0.25) is 0 Å². The Labute approximate surface area is 125 Å². The summed E-state index contributed by atoms with van der Waals surface area (Å²) in [6, 6.07) is 0. The Balaban J connectivity index is 1.82. The minimum absolute atomic E-state index is 0.115. The Morgan fingerprint density at radius 1 is 1.35 bits per heavy atom. The van der Waals surface area contributed by atoms with Gasteiger partial charge in [0.05, 0.1) is 6.54 Å². The maximum absolute atomic E-state index is 12.2. The lowest BCUT2D eigenvalue weighted by Crippen LogP contribution is -2.54. The third-order valence-electron chi connectivity index (χ3n) is 3.76. The fraction of sp³-hybridized carbons (Fsp3) is 0.714. The van der Waals surface area contributed by atoms with E-state index in [1.807, 2.05) is 5.38 Å². The third kappa shape index (κ3) is 3.77. The first-order valence-electron chi connectivity index (χ1n) is 7.01. The highest BCUT2D eigenvalue weighted by atomic mass is 32.1. The standard InChI is InChI=1S/C14H24N4OS/c1-14(2,3)18-8-6-17(7-9-18)11-12(19)16(4)13-15-5-10-20-13/h5,10H,6-9,11H2,1-4H3. The fourth-order valence-electron chi connectivity index (χ4n) is 2.36. The van der Waals surface area contributed by atoms with Crippen molar-refractivity contribution in [3.05, 3.63) is 11.6 Å². The maximum atomic E-state index is 12.2. The van der Waals surface area contributed by atoms with Gasteiger partial charge < -0.3 is 0 Å². The Bertz CT molecular complexity index is 433. The minimum Gasteiger partial charge on any atom is -0.296 e. The lowest BCUT2D eigenvalue weighted by atomic mass is 10.1. The SMILES string of the molecule is CN(C(=O)CN1CCN(C(C)(C)C)CC1)c1nccs1. The van der Waals surface area contributed by atoms with Gasteiger partial charge in [-0.1, -0.05) is 0 Å². The van der Waals surface area contributed by atoms with Gasteiger partial charge in [0.1, 0.15) is 0 Å². The molecule has 1 aromatic rings. The summed E-state index contributed by atoms with van der Waals surface area (Å²) in [5.74, 6) is 0.115. The van der Waals surface area contributed by atoms with Crippen molar-refractivity contribution >= 4 is 22.4 Å². The van der Waals surface area contributed by atoms with Crippen LogP contribution in [0.4, 0.5) is 5.13 Å². The molecule has 1 aromatic heterocycles. The van der Waals surface area contributed by atoms with Gasteiger partial charge in [-0.2, -0.15) is 0 Å². The van der Waals surface area contributed by atoms with Crippen LogP contribution in [-0.2, 0) is 4.79 Å². The van der Waals surface area contributed by atoms with Crippen LogP contribution in [0.3, 0.4) is 0 Å². The van der Waals surface area contributed by atoms with Crippen LogP contribution >= 0.6 is 11.3 Å². The highest BCUT2D eigenvalue weighted by Gasteiger charge is 2.27. The zero-order chi connectivity index (χ0) is 14.8. The van der Waals surface area contributed by atoms with Crippen molar-refractivity contribution in [1.82, 2.24) is 14.8 Å². The van der Waals surface area contributed by atoms with Crippen molar-refractivity contribution in [3.8, 4) is 0 Å². The smallest absolute Gasteiger partial charge is 0.242 e. The van der Waals surface area contributed by atoms with E-state index in [-0.39, 0.29) is 11.4 Å². The molecule has 0 atom stereocenters. The monoisotopic (exact) mass is 296 g/mol. The molecule has 0 unspecified atom stereocenters. The molecule has 1 saturated heterocycles. The van der Waals surface area contributed by atoms with Gasteiger partial charge >= 0.3 is 0 Å². The molecule has 0 saturated carbocycles.